The van der Waals surface area contributed by atoms with Gasteiger partial charge in [-0.15, -0.1) is 0 Å². The van der Waals surface area contributed by atoms with Crippen molar-refractivity contribution >= 4 is 5.97 Å². The fraction of sp³-hybridized carbons (Fsp3) is 0.682. The number of carbonyl (C=O) groups is 1. The number of carboxylic acids is 1. The molecule has 1 saturated heterocycles. The summed E-state index contributed by atoms with van der Waals surface area (Å²) < 4.78 is 6.20. The van der Waals surface area contributed by atoms with Crippen molar-refractivity contribution in [3.8, 4) is 5.75 Å². The molecule has 0 radical (unpaired) electrons. The summed E-state index contributed by atoms with van der Waals surface area (Å²) >= 11 is 0. The van der Waals surface area contributed by atoms with Crippen molar-refractivity contribution in [1.82, 2.24) is 4.90 Å². The number of aliphatic carboxylic acids is 1. The van der Waals surface area contributed by atoms with Crippen molar-refractivity contribution in [2.75, 3.05) is 19.6 Å². The van der Waals surface area contributed by atoms with Crippen molar-refractivity contribution < 1.29 is 14.6 Å². The molecule has 2 fully saturated rings. The van der Waals surface area contributed by atoms with Crippen LogP contribution in [-0.2, 0) is 4.79 Å². The molecule has 0 bridgehead atoms. The number of piperidine rings is 1. The number of benzene rings is 1. The third-order valence-corrected chi connectivity index (χ3v) is 6.25. The van der Waals surface area contributed by atoms with Gasteiger partial charge in [0, 0.05) is 6.54 Å². The molecule has 3 rings (SSSR count). The van der Waals surface area contributed by atoms with Crippen LogP contribution in [0, 0.1) is 5.92 Å². The molecule has 4 nitrogen and oxygen atoms in total. The van der Waals surface area contributed by atoms with Gasteiger partial charge in [0.2, 0.25) is 0 Å². The van der Waals surface area contributed by atoms with Gasteiger partial charge in [0.1, 0.15) is 5.75 Å². The summed E-state index contributed by atoms with van der Waals surface area (Å²) in [6.07, 6.45) is 9.15. The third kappa shape index (κ3) is 5.47. The van der Waals surface area contributed by atoms with Crippen LogP contribution in [0.5, 0.6) is 5.75 Å². The molecule has 0 unspecified atom stereocenters. The predicted molar refractivity (Wildman–Crippen MR) is 104 cm³/mol. The van der Waals surface area contributed by atoms with Crippen molar-refractivity contribution in [3.05, 3.63) is 29.8 Å². The summed E-state index contributed by atoms with van der Waals surface area (Å²) in [5.41, 5.74) is 1.39. The minimum atomic E-state index is -0.703. The lowest BCUT2D eigenvalue weighted by molar-refractivity contribution is -0.137. The summed E-state index contributed by atoms with van der Waals surface area (Å²) in [7, 11) is 0. The number of hydrogen-bond donors (Lipinski definition) is 1. The Hall–Kier alpha value is -1.55. The van der Waals surface area contributed by atoms with Crippen LogP contribution < -0.4 is 4.74 Å². The fourth-order valence-corrected chi connectivity index (χ4v) is 4.41. The van der Waals surface area contributed by atoms with Crippen molar-refractivity contribution in [2.24, 2.45) is 5.92 Å². The van der Waals surface area contributed by atoms with Crippen LogP contribution in [0.15, 0.2) is 24.3 Å². The lowest BCUT2D eigenvalue weighted by Crippen LogP contribution is -2.34. The quantitative estimate of drug-likeness (QED) is 0.767. The van der Waals surface area contributed by atoms with E-state index in [-0.39, 0.29) is 6.42 Å². The van der Waals surface area contributed by atoms with Gasteiger partial charge < -0.3 is 14.7 Å². The second-order valence-electron chi connectivity index (χ2n) is 8.00. The molecule has 0 aromatic heterocycles. The number of carboxylic acid groups (broad SMARTS) is 1. The molecule has 1 heterocycles. The van der Waals surface area contributed by atoms with Crippen LogP contribution in [0.2, 0.25) is 0 Å². The van der Waals surface area contributed by atoms with E-state index in [0.29, 0.717) is 18.6 Å². The van der Waals surface area contributed by atoms with Gasteiger partial charge in [0.25, 0.3) is 0 Å². The Kier molecular flexibility index (Phi) is 6.95. The van der Waals surface area contributed by atoms with Crippen LogP contribution >= 0.6 is 0 Å². The first-order valence-corrected chi connectivity index (χ1v) is 10.3. The van der Waals surface area contributed by atoms with Gasteiger partial charge >= 0.3 is 5.97 Å². The molecule has 1 aliphatic carbocycles. The van der Waals surface area contributed by atoms with E-state index in [4.69, 9.17) is 9.84 Å². The summed E-state index contributed by atoms with van der Waals surface area (Å²) in [4.78, 5) is 13.0. The van der Waals surface area contributed by atoms with Gasteiger partial charge in [-0.2, -0.15) is 0 Å². The molecule has 2 aliphatic rings. The maximum Gasteiger partial charge on any atom is 0.304 e. The first kappa shape index (κ1) is 19.2. The molecule has 1 aliphatic heterocycles. The zero-order valence-electron chi connectivity index (χ0n) is 16.0. The number of likely N-dealkylation sites (tertiary alicyclic amines) is 1. The Labute approximate surface area is 157 Å². The number of nitrogens with zero attached hydrogens (tertiary/aromatic N) is 1. The molecule has 1 N–H and O–H groups in total. The highest BCUT2D eigenvalue weighted by molar-refractivity contribution is 5.66. The highest BCUT2D eigenvalue weighted by atomic mass is 16.5. The molecule has 0 amide bonds. The molecule has 26 heavy (non-hydrogen) atoms. The van der Waals surface area contributed by atoms with E-state index in [0.717, 1.165) is 37.6 Å². The molecule has 1 aromatic rings. The van der Waals surface area contributed by atoms with Crippen LogP contribution in [-0.4, -0.2) is 41.7 Å². The SMILES string of the molecule is CC[C@H]1CC[C@@H](Oc2ccc(C3CCN(CCC(=O)O)CC3)cc2)CC1. The topological polar surface area (TPSA) is 49.8 Å². The number of rotatable bonds is 7. The highest BCUT2D eigenvalue weighted by Gasteiger charge is 2.22. The molecule has 1 aromatic carbocycles. The van der Waals surface area contributed by atoms with E-state index >= 15 is 0 Å². The molecule has 144 valence electrons. The normalized spacial score (nSPS) is 25.1. The molecule has 0 spiro atoms. The van der Waals surface area contributed by atoms with Crippen LogP contribution in [0.3, 0.4) is 0 Å². The smallest absolute Gasteiger partial charge is 0.304 e. The first-order chi connectivity index (χ1) is 12.6. The van der Waals surface area contributed by atoms with E-state index in [1.165, 1.54) is 37.7 Å². The minimum Gasteiger partial charge on any atom is -0.490 e. The van der Waals surface area contributed by atoms with Crippen molar-refractivity contribution in [2.45, 2.75) is 70.3 Å². The van der Waals surface area contributed by atoms with Crippen molar-refractivity contribution in [3.63, 3.8) is 0 Å². The third-order valence-electron chi connectivity index (χ3n) is 6.25. The fourth-order valence-electron chi connectivity index (χ4n) is 4.41. The van der Waals surface area contributed by atoms with Crippen LogP contribution in [0.1, 0.15) is 69.8 Å². The second-order valence-corrected chi connectivity index (χ2v) is 8.00. The molecular formula is C22H33NO3. The largest absolute Gasteiger partial charge is 0.490 e. The van der Waals surface area contributed by atoms with E-state index in [1.807, 2.05) is 0 Å². The number of ether oxygens (including phenoxy) is 1. The summed E-state index contributed by atoms with van der Waals surface area (Å²) in [5.74, 6) is 1.79. The molecule has 4 heteroatoms. The van der Waals surface area contributed by atoms with Gasteiger partial charge in [0.15, 0.2) is 0 Å². The summed E-state index contributed by atoms with van der Waals surface area (Å²) in [5, 5.41) is 8.80. The monoisotopic (exact) mass is 359 g/mol. The van der Waals surface area contributed by atoms with Crippen molar-refractivity contribution in [1.29, 1.82) is 0 Å². The Balaban J connectivity index is 1.44. The van der Waals surface area contributed by atoms with E-state index in [2.05, 4.69) is 36.1 Å². The van der Waals surface area contributed by atoms with Gasteiger partial charge in [-0.1, -0.05) is 25.5 Å². The Morgan fingerprint density at radius 2 is 1.73 bits per heavy atom. The molecular weight excluding hydrogens is 326 g/mol. The van der Waals surface area contributed by atoms with E-state index < -0.39 is 5.97 Å². The number of hydrogen-bond acceptors (Lipinski definition) is 3. The zero-order valence-corrected chi connectivity index (χ0v) is 16.0. The van der Waals surface area contributed by atoms with Crippen LogP contribution in [0.25, 0.3) is 0 Å². The predicted octanol–water partition coefficient (Wildman–Crippen LogP) is 4.69. The first-order valence-electron chi connectivity index (χ1n) is 10.3. The average molecular weight is 360 g/mol. The molecule has 1 saturated carbocycles. The Bertz CT molecular complexity index is 555. The van der Waals surface area contributed by atoms with E-state index in [1.54, 1.807) is 0 Å². The summed E-state index contributed by atoms with van der Waals surface area (Å²) in [6, 6.07) is 8.73. The zero-order chi connectivity index (χ0) is 18.4. The maximum atomic E-state index is 10.7. The van der Waals surface area contributed by atoms with Gasteiger partial charge in [-0.3, -0.25) is 4.79 Å². The lowest BCUT2D eigenvalue weighted by Gasteiger charge is -2.32. The van der Waals surface area contributed by atoms with Gasteiger partial charge in [-0.05, 0) is 81.1 Å². The maximum absolute atomic E-state index is 10.7. The standard InChI is InChI=1S/C22H33NO3/c1-2-17-3-7-20(8-4-17)26-21-9-5-18(6-10-21)19-11-14-23(15-12-19)16-13-22(24)25/h5-6,9-10,17,19-20H,2-4,7-8,11-16H2,1H3,(H,24,25)/t17-,20+. The highest BCUT2D eigenvalue weighted by Crippen LogP contribution is 2.32. The van der Waals surface area contributed by atoms with Gasteiger partial charge in [0.05, 0.1) is 12.5 Å². The van der Waals surface area contributed by atoms with Gasteiger partial charge in [-0.25, -0.2) is 0 Å². The lowest BCUT2D eigenvalue weighted by atomic mass is 9.86. The minimum absolute atomic E-state index is 0.247. The molecule has 0 atom stereocenters. The summed E-state index contributed by atoms with van der Waals surface area (Å²) in [6.45, 7) is 4.96. The Morgan fingerprint density at radius 3 is 2.31 bits per heavy atom. The average Bonchev–Trinajstić information content (AvgIpc) is 2.68. The van der Waals surface area contributed by atoms with E-state index in [9.17, 15) is 4.79 Å². The second kappa shape index (κ2) is 9.40. The Morgan fingerprint density at radius 1 is 1.08 bits per heavy atom. The van der Waals surface area contributed by atoms with Crippen LogP contribution in [0.4, 0.5) is 0 Å².